The lowest BCUT2D eigenvalue weighted by Crippen LogP contribution is -2.33. The second kappa shape index (κ2) is 6.40. The van der Waals surface area contributed by atoms with Gasteiger partial charge in [-0.05, 0) is 25.3 Å². The van der Waals surface area contributed by atoms with Crippen LogP contribution in [-0.2, 0) is 29.1 Å². The molecule has 0 unspecified atom stereocenters. The summed E-state index contributed by atoms with van der Waals surface area (Å²) in [7, 11) is 0. The molecule has 1 N–H and O–H groups in total. The molecule has 3 aromatic heterocycles. The molecule has 0 radical (unpaired) electrons. The molecule has 7 heteroatoms. The number of hydrogen-bond acceptors (Lipinski definition) is 6. The Morgan fingerprint density at radius 1 is 1.42 bits per heavy atom. The molecule has 1 aliphatic heterocycles. The van der Waals surface area contributed by atoms with Crippen LogP contribution in [-0.4, -0.2) is 27.2 Å². The first-order valence-electron chi connectivity index (χ1n) is 8.88. The van der Waals surface area contributed by atoms with Crippen molar-refractivity contribution < 1.29 is 9.47 Å². The van der Waals surface area contributed by atoms with Crippen LogP contribution in [0.4, 0.5) is 0 Å². The monoisotopic (exact) mass is 373 g/mol. The molecule has 0 saturated carbocycles. The van der Waals surface area contributed by atoms with Gasteiger partial charge in [-0.25, -0.2) is 9.97 Å². The molecule has 0 spiro atoms. The highest BCUT2D eigenvalue weighted by molar-refractivity contribution is 7.25. The third-order valence-electron chi connectivity index (χ3n) is 4.61. The average Bonchev–Trinajstić information content (AvgIpc) is 2.92. The molecule has 0 saturated heterocycles. The number of hydrogen-bond donors (Lipinski definition) is 1. The van der Waals surface area contributed by atoms with Gasteiger partial charge < -0.3 is 14.5 Å². The SMILES string of the molecule is CC(C)COCc1c2c(nc3sc4c(=O)[nH]cnc4c13)CC(C)(C)OC2. The van der Waals surface area contributed by atoms with E-state index in [1.54, 1.807) is 0 Å². The van der Waals surface area contributed by atoms with Crippen molar-refractivity contribution in [3.8, 4) is 0 Å². The van der Waals surface area contributed by atoms with Gasteiger partial charge >= 0.3 is 0 Å². The van der Waals surface area contributed by atoms with E-state index in [1.165, 1.54) is 17.7 Å². The first-order chi connectivity index (χ1) is 12.4. The van der Waals surface area contributed by atoms with E-state index in [-0.39, 0.29) is 11.2 Å². The lowest BCUT2D eigenvalue weighted by atomic mass is 9.92. The van der Waals surface area contributed by atoms with E-state index in [1.807, 2.05) is 0 Å². The molecule has 26 heavy (non-hydrogen) atoms. The maximum Gasteiger partial charge on any atom is 0.268 e. The first-order valence-corrected chi connectivity index (χ1v) is 9.69. The quantitative estimate of drug-likeness (QED) is 0.757. The van der Waals surface area contributed by atoms with Gasteiger partial charge in [-0.2, -0.15) is 0 Å². The zero-order valence-corrected chi connectivity index (χ0v) is 16.3. The third-order valence-corrected chi connectivity index (χ3v) is 5.68. The summed E-state index contributed by atoms with van der Waals surface area (Å²) < 4.78 is 12.6. The van der Waals surface area contributed by atoms with E-state index in [4.69, 9.17) is 14.5 Å². The summed E-state index contributed by atoms with van der Waals surface area (Å²) in [6, 6.07) is 0. The highest BCUT2D eigenvalue weighted by Gasteiger charge is 2.31. The van der Waals surface area contributed by atoms with Crippen molar-refractivity contribution in [2.75, 3.05) is 6.61 Å². The Kier molecular flexibility index (Phi) is 4.33. The van der Waals surface area contributed by atoms with Crippen molar-refractivity contribution in [1.29, 1.82) is 0 Å². The highest BCUT2D eigenvalue weighted by atomic mass is 32.1. The lowest BCUT2D eigenvalue weighted by molar-refractivity contribution is -0.0422. The van der Waals surface area contributed by atoms with Crippen LogP contribution in [0.5, 0.6) is 0 Å². The van der Waals surface area contributed by atoms with E-state index >= 15 is 0 Å². The van der Waals surface area contributed by atoms with Crippen molar-refractivity contribution in [2.45, 2.75) is 52.9 Å². The number of aromatic nitrogens is 3. The summed E-state index contributed by atoms with van der Waals surface area (Å²) >= 11 is 1.40. The molecular formula is C19H23N3O3S. The molecule has 0 fully saturated rings. The molecule has 4 heterocycles. The molecule has 0 aliphatic carbocycles. The minimum atomic E-state index is -0.240. The van der Waals surface area contributed by atoms with Crippen LogP contribution in [0.2, 0.25) is 0 Å². The predicted octanol–water partition coefficient (Wildman–Crippen LogP) is 3.56. The molecule has 6 nitrogen and oxygen atoms in total. The number of rotatable bonds is 4. The van der Waals surface area contributed by atoms with Gasteiger partial charge in [0.2, 0.25) is 0 Å². The third kappa shape index (κ3) is 3.04. The topological polar surface area (TPSA) is 77.1 Å². The normalized spacial score (nSPS) is 16.5. The second-order valence-electron chi connectivity index (χ2n) is 7.84. The Labute approximate surface area is 155 Å². The molecule has 0 amide bonds. The van der Waals surface area contributed by atoms with Gasteiger partial charge in [-0.1, -0.05) is 13.8 Å². The Bertz CT molecular complexity index is 1040. The van der Waals surface area contributed by atoms with Gasteiger partial charge in [0.1, 0.15) is 9.53 Å². The number of nitrogens with one attached hydrogen (secondary N) is 1. The van der Waals surface area contributed by atoms with Gasteiger partial charge in [0.25, 0.3) is 5.56 Å². The highest BCUT2D eigenvalue weighted by Crippen LogP contribution is 2.38. The molecule has 138 valence electrons. The van der Waals surface area contributed by atoms with Crippen molar-refractivity contribution in [3.05, 3.63) is 33.5 Å². The van der Waals surface area contributed by atoms with Crippen molar-refractivity contribution in [3.63, 3.8) is 0 Å². The number of thiophene rings is 1. The minimum Gasteiger partial charge on any atom is -0.376 e. The van der Waals surface area contributed by atoms with Crippen molar-refractivity contribution >= 4 is 31.8 Å². The maximum absolute atomic E-state index is 12.2. The van der Waals surface area contributed by atoms with Crippen LogP contribution in [0.15, 0.2) is 11.1 Å². The fourth-order valence-corrected chi connectivity index (χ4v) is 4.44. The second-order valence-corrected chi connectivity index (χ2v) is 8.84. The first kappa shape index (κ1) is 17.6. The summed E-state index contributed by atoms with van der Waals surface area (Å²) in [5.74, 6) is 0.457. The zero-order chi connectivity index (χ0) is 18.5. The average molecular weight is 373 g/mol. The van der Waals surface area contributed by atoms with Crippen LogP contribution < -0.4 is 5.56 Å². The lowest BCUT2D eigenvalue weighted by Gasteiger charge is -2.32. The zero-order valence-electron chi connectivity index (χ0n) is 15.5. The van der Waals surface area contributed by atoms with Gasteiger partial charge in [-0.15, -0.1) is 11.3 Å². The molecule has 1 aliphatic rings. The van der Waals surface area contributed by atoms with E-state index in [9.17, 15) is 4.79 Å². The fraction of sp³-hybridized carbons (Fsp3) is 0.526. The molecular weight excluding hydrogens is 350 g/mol. The number of aromatic amines is 1. The Morgan fingerprint density at radius 2 is 2.23 bits per heavy atom. The summed E-state index contributed by atoms with van der Waals surface area (Å²) in [4.78, 5) is 25.0. The smallest absolute Gasteiger partial charge is 0.268 e. The minimum absolute atomic E-state index is 0.124. The maximum atomic E-state index is 12.2. The fourth-order valence-electron chi connectivity index (χ4n) is 3.37. The number of fused-ring (bicyclic) bond motifs is 4. The van der Waals surface area contributed by atoms with Crippen molar-refractivity contribution in [2.24, 2.45) is 5.92 Å². The van der Waals surface area contributed by atoms with E-state index in [2.05, 4.69) is 37.7 Å². The summed E-state index contributed by atoms with van der Waals surface area (Å²) in [5, 5.41) is 0.932. The number of nitrogens with zero attached hydrogens (tertiary/aromatic N) is 2. The molecule has 4 rings (SSSR count). The van der Waals surface area contributed by atoms with Crippen LogP contribution in [0, 0.1) is 5.92 Å². The number of ether oxygens (including phenoxy) is 2. The standard InChI is InChI=1S/C19H23N3O3S/c1-10(2)6-24-7-12-11-8-25-19(3,4)5-13(11)22-18-14(12)15-16(26-18)17(23)21-9-20-15/h9-10H,5-8H2,1-4H3,(H,20,21,23). The van der Waals surface area contributed by atoms with Gasteiger partial charge in [0.05, 0.1) is 36.4 Å². The van der Waals surface area contributed by atoms with Gasteiger partial charge in [0, 0.05) is 24.0 Å². The van der Waals surface area contributed by atoms with Crippen LogP contribution >= 0.6 is 11.3 Å². The number of pyridine rings is 1. The molecule has 3 aromatic rings. The Balaban J connectivity index is 1.94. The molecule has 0 bridgehead atoms. The predicted molar refractivity (Wildman–Crippen MR) is 103 cm³/mol. The van der Waals surface area contributed by atoms with Crippen LogP contribution in [0.1, 0.15) is 44.5 Å². The number of H-pyrrole nitrogens is 1. The van der Waals surface area contributed by atoms with Gasteiger partial charge in [0.15, 0.2) is 0 Å². The Morgan fingerprint density at radius 3 is 3.00 bits per heavy atom. The summed E-state index contributed by atoms with van der Waals surface area (Å²) in [5.41, 5.74) is 3.53. The molecule has 0 atom stereocenters. The Hall–Kier alpha value is -1.83. The van der Waals surface area contributed by atoms with Crippen molar-refractivity contribution in [1.82, 2.24) is 15.0 Å². The molecule has 0 aromatic carbocycles. The van der Waals surface area contributed by atoms with Crippen LogP contribution in [0.3, 0.4) is 0 Å². The van der Waals surface area contributed by atoms with Gasteiger partial charge in [-0.3, -0.25) is 4.79 Å². The van der Waals surface area contributed by atoms with E-state index in [0.29, 0.717) is 36.0 Å². The van der Waals surface area contributed by atoms with E-state index < -0.39 is 0 Å². The summed E-state index contributed by atoms with van der Waals surface area (Å²) in [6.45, 7) is 10.1. The summed E-state index contributed by atoms with van der Waals surface area (Å²) in [6.07, 6.45) is 2.20. The largest absolute Gasteiger partial charge is 0.376 e. The van der Waals surface area contributed by atoms with E-state index in [0.717, 1.165) is 33.5 Å². The van der Waals surface area contributed by atoms with Crippen LogP contribution in [0.25, 0.3) is 20.4 Å².